The zero-order valence-electron chi connectivity index (χ0n) is 10.4. The number of benzene rings is 2. The molecule has 1 unspecified atom stereocenters. The summed E-state index contributed by atoms with van der Waals surface area (Å²) in [5.74, 6) is 0.858. The zero-order chi connectivity index (χ0) is 13.1. The molecule has 1 aliphatic heterocycles. The average Bonchev–Trinajstić information content (AvgIpc) is 3.30. The van der Waals surface area contributed by atoms with Crippen LogP contribution in [0.15, 0.2) is 48.5 Å². The summed E-state index contributed by atoms with van der Waals surface area (Å²) in [4.78, 5) is 3.38. The normalized spacial score (nSPS) is 16.7. The van der Waals surface area contributed by atoms with Crippen molar-refractivity contribution < 1.29 is 9.47 Å². The Kier molecular flexibility index (Phi) is 3.18. The summed E-state index contributed by atoms with van der Waals surface area (Å²) in [5, 5.41) is 0. The Morgan fingerprint density at radius 3 is 2.16 bits per heavy atom. The van der Waals surface area contributed by atoms with E-state index in [2.05, 4.69) is 4.85 Å². The fourth-order valence-electron chi connectivity index (χ4n) is 1.83. The lowest BCUT2D eigenvalue weighted by Crippen LogP contribution is -2.03. The first kappa shape index (κ1) is 11.8. The van der Waals surface area contributed by atoms with Gasteiger partial charge in [-0.1, -0.05) is 36.4 Å². The molecule has 0 amide bonds. The van der Waals surface area contributed by atoms with Crippen molar-refractivity contribution in [3.63, 3.8) is 0 Å². The molecule has 1 heterocycles. The zero-order valence-corrected chi connectivity index (χ0v) is 10.4. The molecule has 2 aromatic rings. The van der Waals surface area contributed by atoms with Gasteiger partial charge in [-0.25, -0.2) is 4.85 Å². The highest BCUT2D eigenvalue weighted by atomic mass is 16.6. The molecular weight excluding hydrogens is 238 g/mol. The summed E-state index contributed by atoms with van der Waals surface area (Å²) in [6.45, 7) is 8.37. The molecule has 0 N–H and O–H groups in total. The van der Waals surface area contributed by atoms with Crippen molar-refractivity contribution >= 4 is 5.69 Å². The molecular formula is C16H13NO2. The van der Waals surface area contributed by atoms with E-state index in [1.165, 1.54) is 0 Å². The van der Waals surface area contributed by atoms with Crippen molar-refractivity contribution in [3.8, 4) is 16.9 Å². The fraction of sp³-hybridized carbons (Fsp3) is 0.188. The first-order valence-corrected chi connectivity index (χ1v) is 6.17. The Bertz CT molecular complexity index is 592. The van der Waals surface area contributed by atoms with E-state index in [0.717, 1.165) is 23.5 Å². The van der Waals surface area contributed by atoms with E-state index in [1.54, 1.807) is 0 Å². The molecule has 0 aliphatic carbocycles. The van der Waals surface area contributed by atoms with Gasteiger partial charge in [-0.15, -0.1) is 0 Å². The standard InChI is InChI=1S/C16H13NO2/c1-17-14-6-2-12(3-7-14)13-4-8-15(9-5-13)18-10-16-11-19-16/h2-9,16H,10-11H2. The van der Waals surface area contributed by atoms with Gasteiger partial charge >= 0.3 is 0 Å². The van der Waals surface area contributed by atoms with Crippen LogP contribution in [0.25, 0.3) is 16.0 Å². The number of nitrogens with zero attached hydrogens (tertiary/aromatic N) is 1. The van der Waals surface area contributed by atoms with Crippen LogP contribution in [0.5, 0.6) is 5.75 Å². The summed E-state index contributed by atoms with van der Waals surface area (Å²) in [7, 11) is 0. The van der Waals surface area contributed by atoms with Crippen molar-refractivity contribution in [2.24, 2.45) is 0 Å². The van der Waals surface area contributed by atoms with Gasteiger partial charge in [-0.2, -0.15) is 0 Å². The molecule has 0 saturated carbocycles. The second-order valence-corrected chi connectivity index (χ2v) is 4.45. The third-order valence-corrected chi connectivity index (χ3v) is 3.02. The molecule has 3 rings (SSSR count). The smallest absolute Gasteiger partial charge is 0.187 e. The SMILES string of the molecule is [C-]#[N+]c1ccc(-c2ccc(OCC3CO3)cc2)cc1. The van der Waals surface area contributed by atoms with Crippen LogP contribution in [0.1, 0.15) is 0 Å². The van der Waals surface area contributed by atoms with Gasteiger partial charge < -0.3 is 9.47 Å². The van der Waals surface area contributed by atoms with Gasteiger partial charge in [0.25, 0.3) is 0 Å². The average molecular weight is 251 g/mol. The molecule has 2 aromatic carbocycles. The maximum Gasteiger partial charge on any atom is 0.187 e. The number of hydrogen-bond donors (Lipinski definition) is 0. The molecule has 0 radical (unpaired) electrons. The van der Waals surface area contributed by atoms with Crippen LogP contribution in [0.3, 0.4) is 0 Å². The van der Waals surface area contributed by atoms with Crippen LogP contribution < -0.4 is 4.74 Å². The highest BCUT2D eigenvalue weighted by Crippen LogP contribution is 2.25. The molecule has 1 saturated heterocycles. The highest BCUT2D eigenvalue weighted by molar-refractivity contribution is 5.66. The predicted molar refractivity (Wildman–Crippen MR) is 73.4 cm³/mol. The minimum Gasteiger partial charge on any atom is -0.491 e. The van der Waals surface area contributed by atoms with E-state index in [4.69, 9.17) is 16.0 Å². The molecule has 94 valence electrons. The summed E-state index contributed by atoms with van der Waals surface area (Å²) < 4.78 is 10.7. The van der Waals surface area contributed by atoms with Gasteiger partial charge in [0.05, 0.1) is 13.2 Å². The van der Waals surface area contributed by atoms with Gasteiger partial charge in [0.2, 0.25) is 0 Å². The van der Waals surface area contributed by atoms with E-state index < -0.39 is 0 Å². The van der Waals surface area contributed by atoms with Crippen molar-refractivity contribution in [2.45, 2.75) is 6.10 Å². The Morgan fingerprint density at radius 1 is 1.05 bits per heavy atom. The van der Waals surface area contributed by atoms with Gasteiger partial charge in [0, 0.05) is 0 Å². The van der Waals surface area contributed by atoms with Crippen molar-refractivity contribution in [1.82, 2.24) is 0 Å². The molecule has 1 atom stereocenters. The van der Waals surface area contributed by atoms with E-state index in [9.17, 15) is 0 Å². The third-order valence-electron chi connectivity index (χ3n) is 3.02. The maximum atomic E-state index is 6.93. The summed E-state index contributed by atoms with van der Waals surface area (Å²) in [6.07, 6.45) is 0.279. The number of ether oxygens (including phenoxy) is 2. The van der Waals surface area contributed by atoms with Crippen LogP contribution in [-0.2, 0) is 4.74 Å². The minimum absolute atomic E-state index is 0.279. The van der Waals surface area contributed by atoms with E-state index >= 15 is 0 Å². The largest absolute Gasteiger partial charge is 0.491 e. The molecule has 1 aliphatic rings. The third kappa shape index (κ3) is 2.93. The van der Waals surface area contributed by atoms with Crippen LogP contribution >= 0.6 is 0 Å². The fourth-order valence-corrected chi connectivity index (χ4v) is 1.83. The van der Waals surface area contributed by atoms with Gasteiger partial charge in [0.15, 0.2) is 5.69 Å². The molecule has 0 spiro atoms. The van der Waals surface area contributed by atoms with Gasteiger partial charge in [-0.05, 0) is 23.3 Å². The first-order valence-electron chi connectivity index (χ1n) is 6.17. The highest BCUT2D eigenvalue weighted by Gasteiger charge is 2.22. The predicted octanol–water partition coefficient (Wildman–Crippen LogP) is 3.68. The second kappa shape index (κ2) is 5.13. The van der Waals surface area contributed by atoms with Crippen molar-refractivity contribution in [1.29, 1.82) is 0 Å². The Labute approximate surface area is 112 Å². The lowest BCUT2D eigenvalue weighted by atomic mass is 10.1. The van der Waals surface area contributed by atoms with E-state index in [0.29, 0.717) is 12.3 Å². The lowest BCUT2D eigenvalue weighted by molar-refractivity contribution is 0.263. The van der Waals surface area contributed by atoms with Crippen LogP contribution in [0.2, 0.25) is 0 Å². The Hall–Kier alpha value is -2.31. The summed E-state index contributed by atoms with van der Waals surface area (Å²) in [5.41, 5.74) is 2.88. The van der Waals surface area contributed by atoms with Crippen LogP contribution in [0, 0.1) is 6.57 Å². The van der Waals surface area contributed by atoms with Gasteiger partial charge in [0.1, 0.15) is 18.5 Å². The maximum absolute atomic E-state index is 6.93. The molecule has 0 bridgehead atoms. The molecule has 3 nitrogen and oxygen atoms in total. The molecule has 1 fully saturated rings. The second-order valence-electron chi connectivity index (χ2n) is 4.45. The lowest BCUT2D eigenvalue weighted by Gasteiger charge is -2.06. The summed E-state index contributed by atoms with van der Waals surface area (Å²) >= 11 is 0. The Balaban J connectivity index is 1.71. The quantitative estimate of drug-likeness (QED) is 0.612. The minimum atomic E-state index is 0.279. The number of rotatable bonds is 4. The van der Waals surface area contributed by atoms with Crippen LogP contribution in [-0.4, -0.2) is 19.3 Å². The summed E-state index contributed by atoms with van der Waals surface area (Å²) in [6, 6.07) is 15.5. The number of epoxide rings is 1. The number of hydrogen-bond acceptors (Lipinski definition) is 2. The molecule has 19 heavy (non-hydrogen) atoms. The Morgan fingerprint density at radius 2 is 1.63 bits per heavy atom. The monoisotopic (exact) mass is 251 g/mol. The topological polar surface area (TPSA) is 26.1 Å². The van der Waals surface area contributed by atoms with E-state index in [-0.39, 0.29) is 6.10 Å². The molecule has 3 heteroatoms. The van der Waals surface area contributed by atoms with Gasteiger partial charge in [-0.3, -0.25) is 0 Å². The van der Waals surface area contributed by atoms with Crippen molar-refractivity contribution in [2.75, 3.05) is 13.2 Å². The first-order chi connectivity index (χ1) is 9.35. The van der Waals surface area contributed by atoms with Crippen molar-refractivity contribution in [3.05, 3.63) is 59.9 Å². The van der Waals surface area contributed by atoms with E-state index in [1.807, 2.05) is 48.5 Å². The van der Waals surface area contributed by atoms with Crippen LogP contribution in [0.4, 0.5) is 5.69 Å². The molecule has 0 aromatic heterocycles.